The molecule has 0 aliphatic heterocycles. The number of nitrogen functional groups attached to an aromatic ring is 1. The number of hydrogen-bond acceptors (Lipinski definition) is 6. The zero-order valence-corrected chi connectivity index (χ0v) is 13.4. The van der Waals surface area contributed by atoms with Crippen molar-refractivity contribution in [1.82, 2.24) is 9.19 Å². The summed E-state index contributed by atoms with van der Waals surface area (Å²) < 4.78 is 39.2. The highest BCUT2D eigenvalue weighted by Gasteiger charge is 2.24. The molecule has 1 heterocycles. The van der Waals surface area contributed by atoms with Crippen LogP contribution in [0.1, 0.15) is 0 Å². The summed E-state index contributed by atoms with van der Waals surface area (Å²) in [5.74, 6) is -0.710. The monoisotopic (exact) mass is 362 g/mol. The number of nitro benzene ring substituents is 1. The number of nitrogens with zero attached hydrogens (tertiary/aromatic N) is 3. The van der Waals surface area contributed by atoms with E-state index < -0.39 is 20.8 Å². The van der Waals surface area contributed by atoms with Crippen molar-refractivity contribution in [3.8, 4) is 11.3 Å². The second-order valence-electron chi connectivity index (χ2n) is 5.07. The van der Waals surface area contributed by atoms with Gasteiger partial charge in [-0.2, -0.15) is 13.5 Å². The first-order valence-electron chi connectivity index (χ1n) is 6.90. The Morgan fingerprint density at radius 2 is 1.84 bits per heavy atom. The smallest absolute Gasteiger partial charge is 0.285 e. The molecule has 25 heavy (non-hydrogen) atoms. The maximum Gasteiger partial charge on any atom is 0.285 e. The van der Waals surface area contributed by atoms with Gasteiger partial charge < -0.3 is 5.73 Å². The van der Waals surface area contributed by atoms with Gasteiger partial charge in [0.15, 0.2) is 0 Å². The van der Waals surface area contributed by atoms with Gasteiger partial charge in [-0.05, 0) is 18.2 Å². The molecular formula is C15H11FN4O4S. The lowest BCUT2D eigenvalue weighted by Crippen LogP contribution is -2.17. The summed E-state index contributed by atoms with van der Waals surface area (Å²) in [7, 11) is -4.24. The standard InChI is InChI=1S/C15H11FN4O4S/c16-11-4-1-3-10(7-11)14-9-15(17)19(18-14)25(23,24)13-6-2-5-12(8-13)20(21)22/h1-9H,17H2. The van der Waals surface area contributed by atoms with Crippen LogP contribution in [0.3, 0.4) is 0 Å². The van der Waals surface area contributed by atoms with E-state index in [1.54, 1.807) is 6.07 Å². The average Bonchev–Trinajstić information content (AvgIpc) is 2.97. The highest BCUT2D eigenvalue weighted by molar-refractivity contribution is 7.90. The first-order chi connectivity index (χ1) is 11.8. The van der Waals surface area contributed by atoms with Crippen LogP contribution in [0.25, 0.3) is 11.3 Å². The lowest BCUT2D eigenvalue weighted by molar-refractivity contribution is -0.385. The molecule has 2 aromatic carbocycles. The molecule has 1 aromatic heterocycles. The van der Waals surface area contributed by atoms with Crippen molar-refractivity contribution in [3.05, 3.63) is 70.5 Å². The number of rotatable bonds is 4. The maximum atomic E-state index is 13.3. The fourth-order valence-electron chi connectivity index (χ4n) is 2.22. The molecule has 0 saturated heterocycles. The summed E-state index contributed by atoms with van der Waals surface area (Å²) in [6.07, 6.45) is 0. The van der Waals surface area contributed by atoms with Gasteiger partial charge in [0.05, 0.1) is 15.5 Å². The van der Waals surface area contributed by atoms with Crippen LogP contribution in [0.4, 0.5) is 15.9 Å². The fourth-order valence-corrected chi connectivity index (χ4v) is 3.46. The molecule has 0 saturated carbocycles. The number of benzene rings is 2. The molecule has 8 nitrogen and oxygen atoms in total. The lowest BCUT2D eigenvalue weighted by atomic mass is 10.1. The van der Waals surface area contributed by atoms with E-state index >= 15 is 0 Å². The first kappa shape index (κ1) is 16.6. The average molecular weight is 362 g/mol. The molecular weight excluding hydrogens is 351 g/mol. The van der Waals surface area contributed by atoms with E-state index in [2.05, 4.69) is 5.10 Å². The molecule has 10 heteroatoms. The van der Waals surface area contributed by atoms with Crippen molar-refractivity contribution in [3.63, 3.8) is 0 Å². The quantitative estimate of drug-likeness (QED) is 0.562. The van der Waals surface area contributed by atoms with Crippen LogP contribution in [-0.2, 0) is 10.0 Å². The van der Waals surface area contributed by atoms with Crippen molar-refractivity contribution in [2.24, 2.45) is 0 Å². The fraction of sp³-hybridized carbons (Fsp3) is 0. The molecule has 128 valence electrons. The molecule has 0 aliphatic carbocycles. The van der Waals surface area contributed by atoms with Crippen molar-refractivity contribution >= 4 is 21.5 Å². The Bertz CT molecular complexity index is 1080. The van der Waals surface area contributed by atoms with Crippen LogP contribution in [0.2, 0.25) is 0 Å². The van der Waals surface area contributed by atoms with Gasteiger partial charge in [0.1, 0.15) is 11.6 Å². The summed E-state index contributed by atoms with van der Waals surface area (Å²) in [5, 5.41) is 14.7. The summed E-state index contributed by atoms with van der Waals surface area (Å²) >= 11 is 0. The van der Waals surface area contributed by atoms with E-state index in [0.717, 1.165) is 6.07 Å². The summed E-state index contributed by atoms with van der Waals surface area (Å²) in [6, 6.07) is 11.2. The molecule has 0 spiro atoms. The van der Waals surface area contributed by atoms with Gasteiger partial charge in [-0.15, -0.1) is 4.09 Å². The number of aromatic nitrogens is 2. The van der Waals surface area contributed by atoms with Crippen molar-refractivity contribution < 1.29 is 17.7 Å². The molecule has 3 aromatic rings. The molecule has 2 N–H and O–H groups in total. The van der Waals surface area contributed by atoms with Crippen LogP contribution < -0.4 is 5.73 Å². The van der Waals surface area contributed by atoms with E-state index in [-0.39, 0.29) is 22.1 Å². The van der Waals surface area contributed by atoms with E-state index in [1.165, 1.54) is 42.5 Å². The largest absolute Gasteiger partial charge is 0.383 e. The maximum absolute atomic E-state index is 13.3. The summed E-state index contributed by atoms with van der Waals surface area (Å²) in [4.78, 5) is 9.80. The summed E-state index contributed by atoms with van der Waals surface area (Å²) in [6.45, 7) is 0. The third-order valence-corrected chi connectivity index (χ3v) is 4.98. The van der Waals surface area contributed by atoms with E-state index in [4.69, 9.17) is 5.73 Å². The second-order valence-corrected chi connectivity index (χ2v) is 6.83. The highest BCUT2D eigenvalue weighted by atomic mass is 32.2. The molecule has 0 radical (unpaired) electrons. The minimum Gasteiger partial charge on any atom is -0.383 e. The first-order valence-corrected chi connectivity index (χ1v) is 8.34. The van der Waals surface area contributed by atoms with Gasteiger partial charge in [0.25, 0.3) is 15.7 Å². The Kier molecular flexibility index (Phi) is 3.97. The van der Waals surface area contributed by atoms with Gasteiger partial charge >= 0.3 is 0 Å². The van der Waals surface area contributed by atoms with Crippen molar-refractivity contribution in [2.45, 2.75) is 4.90 Å². The lowest BCUT2D eigenvalue weighted by Gasteiger charge is -2.06. The number of anilines is 1. The van der Waals surface area contributed by atoms with Crippen LogP contribution in [0.5, 0.6) is 0 Å². The van der Waals surface area contributed by atoms with Gasteiger partial charge in [-0.1, -0.05) is 18.2 Å². The van der Waals surface area contributed by atoms with Crippen LogP contribution >= 0.6 is 0 Å². The topological polar surface area (TPSA) is 121 Å². The predicted octanol–water partition coefficient (Wildman–Crippen LogP) is 2.42. The minimum absolute atomic E-state index is 0.158. The van der Waals surface area contributed by atoms with Crippen molar-refractivity contribution in [2.75, 3.05) is 5.73 Å². The Hall–Kier alpha value is -3.27. The Labute approximate surface area is 141 Å². The summed E-state index contributed by atoms with van der Waals surface area (Å²) in [5.41, 5.74) is 5.86. The molecule has 0 bridgehead atoms. The number of halogens is 1. The highest BCUT2D eigenvalue weighted by Crippen LogP contribution is 2.25. The molecule has 0 amide bonds. The van der Waals surface area contributed by atoms with Gasteiger partial charge in [0.2, 0.25) is 0 Å². The molecule has 0 atom stereocenters. The second kappa shape index (κ2) is 5.98. The number of nitrogens with two attached hydrogens (primary N) is 1. The third-order valence-electron chi connectivity index (χ3n) is 3.38. The van der Waals surface area contributed by atoms with E-state index in [1.807, 2.05) is 0 Å². The number of hydrogen-bond donors (Lipinski definition) is 1. The van der Waals surface area contributed by atoms with Gasteiger partial charge in [-0.25, -0.2) is 4.39 Å². The van der Waals surface area contributed by atoms with Crippen LogP contribution in [0.15, 0.2) is 59.5 Å². The molecule has 0 unspecified atom stereocenters. The third kappa shape index (κ3) is 3.06. The Morgan fingerprint density at radius 1 is 1.12 bits per heavy atom. The normalized spacial score (nSPS) is 11.4. The van der Waals surface area contributed by atoms with Crippen LogP contribution in [0, 0.1) is 15.9 Å². The number of nitro groups is 1. The van der Waals surface area contributed by atoms with Gasteiger partial charge in [-0.3, -0.25) is 10.1 Å². The van der Waals surface area contributed by atoms with E-state index in [0.29, 0.717) is 9.65 Å². The van der Waals surface area contributed by atoms with Gasteiger partial charge in [0, 0.05) is 23.8 Å². The minimum atomic E-state index is -4.24. The zero-order valence-electron chi connectivity index (χ0n) is 12.5. The molecule has 0 aliphatic rings. The Morgan fingerprint density at radius 3 is 2.52 bits per heavy atom. The Balaban J connectivity index is 2.10. The van der Waals surface area contributed by atoms with Crippen LogP contribution in [-0.4, -0.2) is 22.5 Å². The zero-order chi connectivity index (χ0) is 18.2. The SMILES string of the molecule is Nc1cc(-c2cccc(F)c2)nn1S(=O)(=O)c1cccc([N+](=O)[O-])c1. The molecule has 0 fully saturated rings. The molecule has 3 rings (SSSR count). The van der Waals surface area contributed by atoms with Crippen molar-refractivity contribution in [1.29, 1.82) is 0 Å². The predicted molar refractivity (Wildman–Crippen MR) is 87.7 cm³/mol. The van der Waals surface area contributed by atoms with E-state index in [9.17, 15) is 22.9 Å². The number of non-ortho nitro benzene ring substituents is 1.